The number of nitrogens with zero attached hydrogens (tertiary/aromatic N) is 3. The molecule has 2 aromatic carbocycles. The fourth-order valence-electron chi connectivity index (χ4n) is 2.82. The highest BCUT2D eigenvalue weighted by Gasteiger charge is 2.12. The molecule has 1 fully saturated rings. The van der Waals surface area contributed by atoms with Crippen molar-refractivity contribution in [3.8, 4) is 11.4 Å². The van der Waals surface area contributed by atoms with Gasteiger partial charge in [0.2, 0.25) is 5.95 Å². The summed E-state index contributed by atoms with van der Waals surface area (Å²) in [6.45, 7) is 3.39. The molecule has 1 saturated heterocycles. The van der Waals surface area contributed by atoms with Crippen molar-refractivity contribution in [2.45, 2.75) is 0 Å². The van der Waals surface area contributed by atoms with E-state index in [1.54, 1.807) is 0 Å². The highest BCUT2D eigenvalue weighted by atomic mass is 79.9. The third kappa shape index (κ3) is 3.85. The molecule has 8 heteroatoms. The van der Waals surface area contributed by atoms with Crippen molar-refractivity contribution >= 4 is 44.9 Å². The number of ether oxygens (including phenoxy) is 1. The maximum Gasteiger partial charge on any atom is 0.246 e. The molecule has 0 spiro atoms. The molecule has 0 saturated carbocycles. The molecular formula is C18H17BrClN5O. The van der Waals surface area contributed by atoms with E-state index in [0.717, 1.165) is 42.0 Å². The average molecular weight is 435 g/mol. The molecule has 134 valence electrons. The first-order valence-corrected chi connectivity index (χ1v) is 9.44. The summed E-state index contributed by atoms with van der Waals surface area (Å²) in [7, 11) is 0. The monoisotopic (exact) mass is 433 g/mol. The number of anilines is 3. The van der Waals surface area contributed by atoms with Gasteiger partial charge < -0.3 is 15.0 Å². The zero-order valence-electron chi connectivity index (χ0n) is 13.9. The van der Waals surface area contributed by atoms with Gasteiger partial charge in [0.1, 0.15) is 0 Å². The van der Waals surface area contributed by atoms with Crippen LogP contribution in [-0.2, 0) is 4.74 Å². The van der Waals surface area contributed by atoms with Crippen LogP contribution in [0.5, 0.6) is 0 Å². The maximum absolute atomic E-state index is 6.25. The fraction of sp³-hybridized carbons (Fsp3) is 0.222. The summed E-state index contributed by atoms with van der Waals surface area (Å²) < 4.78 is 6.32. The number of hydrogen-bond acceptors (Lipinski definition) is 5. The largest absolute Gasteiger partial charge is 0.378 e. The number of rotatable bonds is 4. The highest BCUT2D eigenvalue weighted by molar-refractivity contribution is 9.10. The Labute approximate surface area is 164 Å². The van der Waals surface area contributed by atoms with E-state index in [0.29, 0.717) is 16.8 Å². The Morgan fingerprint density at radius 3 is 2.65 bits per heavy atom. The Hall–Kier alpha value is -2.09. The summed E-state index contributed by atoms with van der Waals surface area (Å²) in [6.07, 6.45) is 0. The Morgan fingerprint density at radius 2 is 1.88 bits per heavy atom. The van der Waals surface area contributed by atoms with Gasteiger partial charge in [0.05, 0.1) is 18.2 Å². The van der Waals surface area contributed by atoms with Crippen LogP contribution in [0.25, 0.3) is 11.4 Å². The molecule has 0 unspecified atom stereocenters. The van der Waals surface area contributed by atoms with Crippen LogP contribution in [0.2, 0.25) is 5.02 Å². The number of morpholine rings is 1. The van der Waals surface area contributed by atoms with E-state index in [2.05, 4.69) is 53.5 Å². The Morgan fingerprint density at radius 1 is 1.12 bits per heavy atom. The lowest BCUT2D eigenvalue weighted by Gasteiger charge is -2.28. The van der Waals surface area contributed by atoms with Crippen LogP contribution >= 0.6 is 27.5 Å². The third-order valence-corrected chi connectivity index (χ3v) is 4.99. The molecule has 6 nitrogen and oxygen atoms in total. The first-order chi connectivity index (χ1) is 12.7. The molecule has 0 aliphatic carbocycles. The molecule has 26 heavy (non-hydrogen) atoms. The average Bonchev–Trinajstić information content (AvgIpc) is 3.13. The van der Waals surface area contributed by atoms with Crippen LogP contribution in [0.4, 0.5) is 17.3 Å². The molecule has 2 heterocycles. The van der Waals surface area contributed by atoms with Crippen molar-refractivity contribution in [3.05, 3.63) is 52.0 Å². The summed E-state index contributed by atoms with van der Waals surface area (Å²) in [6, 6.07) is 13.8. The number of benzene rings is 2. The SMILES string of the molecule is Clc1ccc(Br)cc1-c1nc(Nc2ccc(N3CCOCC3)cc2)n[nH]1. The predicted molar refractivity (Wildman–Crippen MR) is 107 cm³/mol. The van der Waals surface area contributed by atoms with Gasteiger partial charge in [0.25, 0.3) is 0 Å². The Bertz CT molecular complexity index is 893. The van der Waals surface area contributed by atoms with Crippen molar-refractivity contribution in [2.75, 3.05) is 36.5 Å². The molecule has 1 aliphatic heterocycles. The molecule has 4 rings (SSSR count). The Kier molecular flexibility index (Phi) is 5.10. The molecular weight excluding hydrogens is 418 g/mol. The van der Waals surface area contributed by atoms with Crippen molar-refractivity contribution in [2.24, 2.45) is 0 Å². The van der Waals surface area contributed by atoms with E-state index in [1.165, 1.54) is 5.69 Å². The zero-order valence-corrected chi connectivity index (χ0v) is 16.2. The number of hydrogen-bond donors (Lipinski definition) is 2. The minimum Gasteiger partial charge on any atom is -0.378 e. The maximum atomic E-state index is 6.25. The van der Waals surface area contributed by atoms with Gasteiger partial charge >= 0.3 is 0 Å². The summed E-state index contributed by atoms with van der Waals surface area (Å²) in [5, 5.41) is 11.0. The number of H-pyrrole nitrogens is 1. The minimum atomic E-state index is 0.496. The van der Waals surface area contributed by atoms with Gasteiger partial charge in [-0.3, -0.25) is 5.10 Å². The van der Waals surface area contributed by atoms with Gasteiger partial charge in [-0.25, -0.2) is 0 Å². The predicted octanol–water partition coefficient (Wildman–Crippen LogP) is 4.47. The van der Waals surface area contributed by atoms with Gasteiger partial charge in [-0.15, -0.1) is 5.10 Å². The molecule has 0 radical (unpaired) electrons. The van der Waals surface area contributed by atoms with Crippen LogP contribution in [-0.4, -0.2) is 41.5 Å². The summed E-state index contributed by atoms with van der Waals surface area (Å²) in [5.41, 5.74) is 2.91. The van der Waals surface area contributed by atoms with Crippen LogP contribution in [0.1, 0.15) is 0 Å². The lowest BCUT2D eigenvalue weighted by atomic mass is 10.2. The fourth-order valence-corrected chi connectivity index (χ4v) is 3.39. The van der Waals surface area contributed by atoms with Crippen molar-refractivity contribution in [3.63, 3.8) is 0 Å². The van der Waals surface area contributed by atoms with Gasteiger partial charge in [-0.2, -0.15) is 4.98 Å². The van der Waals surface area contributed by atoms with Crippen LogP contribution < -0.4 is 10.2 Å². The minimum absolute atomic E-state index is 0.496. The lowest BCUT2D eigenvalue weighted by molar-refractivity contribution is 0.122. The number of halogens is 2. The molecule has 1 aliphatic rings. The number of nitrogens with one attached hydrogen (secondary N) is 2. The standard InChI is InChI=1S/C18H17BrClN5O/c19-12-1-6-16(20)15(11-12)17-22-18(24-23-17)21-13-2-4-14(5-3-13)25-7-9-26-10-8-25/h1-6,11H,7-10H2,(H2,21,22,23,24). The van der Waals surface area contributed by atoms with Gasteiger partial charge in [0, 0.05) is 34.5 Å². The van der Waals surface area contributed by atoms with Gasteiger partial charge in [-0.05, 0) is 42.5 Å². The summed E-state index contributed by atoms with van der Waals surface area (Å²) in [4.78, 5) is 6.79. The van der Waals surface area contributed by atoms with E-state index in [4.69, 9.17) is 16.3 Å². The van der Waals surface area contributed by atoms with E-state index in [9.17, 15) is 0 Å². The highest BCUT2D eigenvalue weighted by Crippen LogP contribution is 2.29. The second-order valence-corrected chi connectivity index (χ2v) is 7.23. The second-order valence-electron chi connectivity index (χ2n) is 5.90. The quantitative estimate of drug-likeness (QED) is 0.634. The van der Waals surface area contributed by atoms with Crippen molar-refractivity contribution in [1.82, 2.24) is 15.2 Å². The van der Waals surface area contributed by atoms with E-state index in [-0.39, 0.29) is 0 Å². The summed E-state index contributed by atoms with van der Waals surface area (Å²) >= 11 is 9.69. The van der Waals surface area contributed by atoms with Crippen molar-refractivity contribution < 1.29 is 4.74 Å². The Balaban J connectivity index is 1.48. The van der Waals surface area contributed by atoms with Crippen LogP contribution in [0, 0.1) is 0 Å². The third-order valence-electron chi connectivity index (χ3n) is 4.17. The molecule has 0 bridgehead atoms. The summed E-state index contributed by atoms with van der Waals surface area (Å²) in [5.74, 6) is 1.11. The molecule has 2 N–H and O–H groups in total. The second kappa shape index (κ2) is 7.65. The van der Waals surface area contributed by atoms with Crippen molar-refractivity contribution in [1.29, 1.82) is 0 Å². The number of aromatic nitrogens is 3. The molecule has 0 amide bonds. The molecule has 3 aromatic rings. The van der Waals surface area contributed by atoms with Crippen LogP contribution in [0.3, 0.4) is 0 Å². The lowest BCUT2D eigenvalue weighted by Crippen LogP contribution is -2.36. The van der Waals surface area contributed by atoms with E-state index < -0.39 is 0 Å². The van der Waals surface area contributed by atoms with Gasteiger partial charge in [-0.1, -0.05) is 27.5 Å². The van der Waals surface area contributed by atoms with Crippen LogP contribution in [0.15, 0.2) is 46.9 Å². The smallest absolute Gasteiger partial charge is 0.246 e. The molecule has 0 atom stereocenters. The first kappa shape index (κ1) is 17.3. The van der Waals surface area contributed by atoms with Gasteiger partial charge in [0.15, 0.2) is 5.82 Å². The molecule has 1 aromatic heterocycles. The number of aromatic amines is 1. The van der Waals surface area contributed by atoms with E-state index >= 15 is 0 Å². The topological polar surface area (TPSA) is 66.1 Å². The normalized spacial score (nSPS) is 14.5. The first-order valence-electron chi connectivity index (χ1n) is 8.27. The van der Waals surface area contributed by atoms with E-state index in [1.807, 2.05) is 30.3 Å². The zero-order chi connectivity index (χ0) is 17.9.